The Morgan fingerprint density at radius 2 is 2.00 bits per heavy atom. The molecule has 0 aliphatic heterocycles. The molecule has 0 unspecified atom stereocenters. The van der Waals surface area contributed by atoms with E-state index in [1.165, 1.54) is 12.1 Å². The molecule has 0 spiro atoms. The largest absolute Gasteiger partial charge is 0.326 e. The van der Waals surface area contributed by atoms with Crippen LogP contribution in [0.15, 0.2) is 40.9 Å². The van der Waals surface area contributed by atoms with Gasteiger partial charge in [-0.25, -0.2) is 8.78 Å². The maximum atomic E-state index is 13.4. The van der Waals surface area contributed by atoms with Crippen molar-refractivity contribution in [2.24, 2.45) is 0 Å². The van der Waals surface area contributed by atoms with Gasteiger partial charge in [-0.05, 0) is 40.2 Å². The quantitative estimate of drug-likeness (QED) is 0.854. The molecule has 1 amide bonds. The first-order valence-corrected chi connectivity index (χ1v) is 6.82. The van der Waals surface area contributed by atoms with Gasteiger partial charge in [0.05, 0.1) is 11.4 Å². The monoisotopic (exact) mass is 359 g/mol. The van der Waals surface area contributed by atoms with Crippen LogP contribution in [0.25, 0.3) is 0 Å². The molecule has 2 aromatic carbocycles. The van der Waals surface area contributed by atoms with Crippen molar-refractivity contribution in [2.45, 2.75) is 6.42 Å². The normalized spacial score (nSPS) is 10.4. The van der Waals surface area contributed by atoms with Crippen molar-refractivity contribution in [3.8, 4) is 0 Å². The number of hydrogen-bond donors (Lipinski definition) is 1. The van der Waals surface area contributed by atoms with Crippen LogP contribution >= 0.6 is 27.5 Å². The van der Waals surface area contributed by atoms with Gasteiger partial charge >= 0.3 is 0 Å². The highest BCUT2D eigenvalue weighted by Gasteiger charge is 2.12. The van der Waals surface area contributed by atoms with Crippen molar-refractivity contribution in [1.29, 1.82) is 0 Å². The fourth-order valence-corrected chi connectivity index (χ4v) is 2.06. The number of rotatable bonds is 3. The fourth-order valence-electron chi connectivity index (χ4n) is 1.64. The van der Waals surface area contributed by atoms with Gasteiger partial charge in [0.2, 0.25) is 5.91 Å². The molecule has 104 valence electrons. The third-order valence-electron chi connectivity index (χ3n) is 2.59. The lowest BCUT2D eigenvalue weighted by molar-refractivity contribution is -0.115. The Hall–Kier alpha value is -1.46. The highest BCUT2D eigenvalue weighted by molar-refractivity contribution is 9.10. The third kappa shape index (κ3) is 3.55. The molecule has 2 rings (SSSR count). The molecule has 0 saturated carbocycles. The number of carbonyl (C=O) groups excluding carboxylic acids is 1. The second-order valence-corrected chi connectivity index (χ2v) is 5.33. The number of carbonyl (C=O) groups is 1. The molecule has 0 aromatic heterocycles. The molecule has 20 heavy (non-hydrogen) atoms. The van der Waals surface area contributed by atoms with Gasteiger partial charge in [0.1, 0.15) is 0 Å². The summed E-state index contributed by atoms with van der Waals surface area (Å²) in [4.78, 5) is 11.8. The second kappa shape index (κ2) is 6.33. The van der Waals surface area contributed by atoms with Crippen molar-refractivity contribution in [1.82, 2.24) is 0 Å². The maximum absolute atomic E-state index is 13.4. The number of halogens is 4. The smallest absolute Gasteiger partial charge is 0.228 e. The van der Waals surface area contributed by atoms with E-state index in [0.29, 0.717) is 15.2 Å². The highest BCUT2D eigenvalue weighted by atomic mass is 79.9. The predicted molar refractivity (Wildman–Crippen MR) is 77.8 cm³/mol. The first-order chi connectivity index (χ1) is 9.47. The van der Waals surface area contributed by atoms with E-state index in [2.05, 4.69) is 21.2 Å². The average Bonchev–Trinajstić information content (AvgIpc) is 2.39. The molecule has 0 bridgehead atoms. The van der Waals surface area contributed by atoms with Crippen molar-refractivity contribution in [3.63, 3.8) is 0 Å². The minimum Gasteiger partial charge on any atom is -0.326 e. The lowest BCUT2D eigenvalue weighted by Gasteiger charge is -2.07. The Balaban J connectivity index is 2.09. The van der Waals surface area contributed by atoms with Gasteiger partial charge in [0, 0.05) is 15.7 Å². The predicted octanol–water partition coefficient (Wildman–Crippen LogP) is 4.56. The second-order valence-electron chi connectivity index (χ2n) is 4.07. The first-order valence-electron chi connectivity index (χ1n) is 5.65. The number of hydrogen-bond acceptors (Lipinski definition) is 1. The molecule has 2 nitrogen and oxygen atoms in total. The van der Waals surface area contributed by atoms with Crippen LogP contribution in [0.3, 0.4) is 0 Å². The van der Waals surface area contributed by atoms with Crippen LogP contribution in [0.2, 0.25) is 5.02 Å². The van der Waals surface area contributed by atoms with E-state index >= 15 is 0 Å². The lowest BCUT2D eigenvalue weighted by atomic mass is 10.1. The van der Waals surface area contributed by atoms with Gasteiger partial charge in [-0.1, -0.05) is 23.7 Å². The zero-order valence-corrected chi connectivity index (χ0v) is 12.4. The summed E-state index contributed by atoms with van der Waals surface area (Å²) in [5.41, 5.74) is 0.491. The van der Waals surface area contributed by atoms with Gasteiger partial charge < -0.3 is 5.32 Å². The Kier molecular flexibility index (Phi) is 4.73. The third-order valence-corrected chi connectivity index (χ3v) is 3.82. The van der Waals surface area contributed by atoms with Gasteiger partial charge in [-0.3, -0.25) is 4.79 Å². The van der Waals surface area contributed by atoms with Gasteiger partial charge in [-0.2, -0.15) is 0 Å². The summed E-state index contributed by atoms with van der Waals surface area (Å²) in [7, 11) is 0. The summed E-state index contributed by atoms with van der Waals surface area (Å²) in [6.07, 6.45) is -0.253. The van der Waals surface area contributed by atoms with E-state index < -0.39 is 17.5 Å². The Morgan fingerprint density at radius 1 is 1.25 bits per heavy atom. The fraction of sp³-hybridized carbons (Fsp3) is 0.0714. The van der Waals surface area contributed by atoms with Gasteiger partial charge in [0.15, 0.2) is 11.6 Å². The zero-order chi connectivity index (χ0) is 14.7. The van der Waals surface area contributed by atoms with Crippen LogP contribution in [0.1, 0.15) is 5.56 Å². The van der Waals surface area contributed by atoms with Crippen molar-refractivity contribution in [2.75, 3.05) is 5.32 Å². The summed E-state index contributed by atoms with van der Waals surface area (Å²) in [6.45, 7) is 0. The highest BCUT2D eigenvalue weighted by Crippen LogP contribution is 2.25. The van der Waals surface area contributed by atoms with Crippen LogP contribution in [0.4, 0.5) is 14.5 Å². The summed E-state index contributed by atoms with van der Waals surface area (Å²) >= 11 is 9.13. The van der Waals surface area contributed by atoms with E-state index in [-0.39, 0.29) is 12.0 Å². The Labute approximate surface area is 127 Å². The van der Waals surface area contributed by atoms with E-state index in [9.17, 15) is 13.6 Å². The van der Waals surface area contributed by atoms with Crippen LogP contribution in [-0.2, 0) is 11.2 Å². The number of benzene rings is 2. The Bertz CT molecular complexity index is 664. The minimum atomic E-state index is -1.00. The summed E-state index contributed by atoms with van der Waals surface area (Å²) in [5, 5.41) is 3.02. The molecule has 2 aromatic rings. The molecule has 0 aliphatic carbocycles. The first kappa shape index (κ1) is 14.9. The topological polar surface area (TPSA) is 29.1 Å². The van der Waals surface area contributed by atoms with Crippen LogP contribution in [0.5, 0.6) is 0 Å². The van der Waals surface area contributed by atoms with E-state index in [4.69, 9.17) is 11.6 Å². The molecular formula is C14H9BrClF2NO. The summed E-state index contributed by atoms with van der Waals surface area (Å²) in [6, 6.07) is 8.62. The van der Waals surface area contributed by atoms with Crippen LogP contribution < -0.4 is 5.32 Å². The van der Waals surface area contributed by atoms with E-state index in [0.717, 1.165) is 6.07 Å². The van der Waals surface area contributed by atoms with Crippen LogP contribution in [-0.4, -0.2) is 5.91 Å². The number of anilines is 1. The SMILES string of the molecule is O=C(Cc1cccc(F)c1F)Nc1ccc(Br)c(Cl)c1. The standard InChI is InChI=1S/C14H9BrClF2NO/c15-10-5-4-9(7-11(10)16)19-13(20)6-8-2-1-3-12(17)14(8)18/h1-5,7H,6H2,(H,19,20). The van der Waals surface area contributed by atoms with Gasteiger partial charge in [0.25, 0.3) is 0 Å². The molecule has 0 radical (unpaired) electrons. The summed E-state index contributed by atoms with van der Waals surface area (Å²) in [5.74, 6) is -2.42. The number of nitrogens with one attached hydrogen (secondary N) is 1. The molecule has 0 fully saturated rings. The zero-order valence-electron chi connectivity index (χ0n) is 10.1. The van der Waals surface area contributed by atoms with E-state index in [1.807, 2.05) is 0 Å². The molecular weight excluding hydrogens is 352 g/mol. The van der Waals surface area contributed by atoms with Gasteiger partial charge in [-0.15, -0.1) is 0 Å². The number of amides is 1. The molecule has 6 heteroatoms. The molecule has 0 aliphatic rings. The van der Waals surface area contributed by atoms with Crippen molar-refractivity contribution >= 4 is 39.1 Å². The maximum Gasteiger partial charge on any atom is 0.228 e. The molecule has 0 atom stereocenters. The molecule has 1 N–H and O–H groups in total. The van der Waals surface area contributed by atoms with E-state index in [1.54, 1.807) is 18.2 Å². The van der Waals surface area contributed by atoms with Crippen LogP contribution in [0, 0.1) is 11.6 Å². The lowest BCUT2D eigenvalue weighted by Crippen LogP contribution is -2.15. The minimum absolute atomic E-state index is 0.00529. The molecule has 0 saturated heterocycles. The molecule has 0 heterocycles. The average molecular weight is 361 g/mol. The Morgan fingerprint density at radius 3 is 2.70 bits per heavy atom. The van der Waals surface area contributed by atoms with Crippen molar-refractivity contribution < 1.29 is 13.6 Å². The summed E-state index contributed by atoms with van der Waals surface area (Å²) < 4.78 is 27.2. The van der Waals surface area contributed by atoms with Crippen molar-refractivity contribution in [3.05, 3.63) is 63.1 Å².